The highest BCUT2D eigenvalue weighted by molar-refractivity contribution is 5.71. The summed E-state index contributed by atoms with van der Waals surface area (Å²) in [4.78, 5) is 38.2. The Morgan fingerprint density at radius 2 is 0.614 bits per heavy atom. The Balaban J connectivity index is 4.50. The Morgan fingerprint density at radius 1 is 0.314 bits per heavy atom. The van der Waals surface area contributed by atoms with Crippen LogP contribution in [0.4, 0.5) is 0 Å². The minimum Gasteiger partial charge on any atom is -0.462 e. The van der Waals surface area contributed by atoms with Gasteiger partial charge in [0, 0.05) is 19.3 Å². The fraction of sp³-hybridized carbons (Fsp3) is 0.641. The summed E-state index contributed by atoms with van der Waals surface area (Å²) in [6, 6.07) is 0. The van der Waals surface area contributed by atoms with Crippen molar-refractivity contribution in [3.63, 3.8) is 0 Å². The first-order chi connectivity index (χ1) is 34.5. The van der Waals surface area contributed by atoms with Gasteiger partial charge >= 0.3 is 17.9 Å². The third-order valence-electron chi connectivity index (χ3n) is 11.7. The molecule has 6 heteroatoms. The Kier molecular flexibility index (Phi) is 54.0. The van der Waals surface area contributed by atoms with E-state index in [1.54, 1.807) is 0 Å². The maximum Gasteiger partial charge on any atom is 0.306 e. The summed E-state index contributed by atoms with van der Waals surface area (Å²) in [5.74, 6) is -0.987. The molecule has 0 aromatic carbocycles. The van der Waals surface area contributed by atoms with Gasteiger partial charge in [-0.25, -0.2) is 0 Å². The number of hydrogen-bond donors (Lipinski definition) is 0. The SMILES string of the molecule is CC/C=C\C/C=C\C/C=C\C/C=C\C/C=C\CCCC(=O)OC(COC(=O)CCCCCCCC/C=C\C/C=C\C/C=C\CC)COC(=O)CCCCCCCCCCCC/C=C\C=C/CCCCC. The highest BCUT2D eigenvalue weighted by Gasteiger charge is 2.19. The molecule has 0 saturated heterocycles. The van der Waals surface area contributed by atoms with Crippen LogP contribution in [-0.4, -0.2) is 37.2 Å². The van der Waals surface area contributed by atoms with Gasteiger partial charge < -0.3 is 14.2 Å². The molecule has 1 unspecified atom stereocenters. The molecule has 0 aliphatic rings. The molecule has 0 aromatic rings. The molecule has 0 bridgehead atoms. The first-order valence-electron chi connectivity index (χ1n) is 28.6. The number of hydrogen-bond acceptors (Lipinski definition) is 6. The summed E-state index contributed by atoms with van der Waals surface area (Å²) >= 11 is 0. The standard InChI is InChI=1S/C64H104O6/c1-4-7-10-13-16-19-22-25-28-31-32-34-36-39-42-45-48-51-54-57-63(66)69-60-61(59-68-62(65)56-53-50-47-44-41-38-35-30-27-24-21-18-15-12-9-6-3)70-64(67)58-55-52-49-46-43-40-37-33-29-26-23-20-17-14-11-8-5-2/h8-9,11-12,16-22,25-27,29-30,37,40,46,49,61H,4-7,10,13-15,23-24,28,31-36,38-39,41-45,47-48,50-60H2,1-3H3/b11-8-,12-9-,19-16-,20-17-,21-18-,25-22-,29-26-,30-27-,40-37-,49-46-. The molecule has 0 saturated carbocycles. The molecule has 6 nitrogen and oxygen atoms in total. The van der Waals surface area contributed by atoms with Gasteiger partial charge in [0.05, 0.1) is 0 Å². The van der Waals surface area contributed by atoms with Crippen molar-refractivity contribution in [2.75, 3.05) is 13.2 Å². The van der Waals surface area contributed by atoms with E-state index < -0.39 is 6.10 Å². The molecule has 0 rings (SSSR count). The Morgan fingerprint density at radius 3 is 1.00 bits per heavy atom. The minimum absolute atomic E-state index is 0.110. The molecule has 0 amide bonds. The van der Waals surface area contributed by atoms with E-state index in [0.29, 0.717) is 19.3 Å². The second kappa shape index (κ2) is 57.4. The lowest BCUT2D eigenvalue weighted by Gasteiger charge is -2.18. The van der Waals surface area contributed by atoms with Crippen LogP contribution in [0.5, 0.6) is 0 Å². The Labute approximate surface area is 431 Å². The second-order valence-corrected chi connectivity index (χ2v) is 18.5. The summed E-state index contributed by atoms with van der Waals surface area (Å²) in [5, 5.41) is 0. The largest absolute Gasteiger partial charge is 0.462 e. The molecule has 70 heavy (non-hydrogen) atoms. The molecule has 0 heterocycles. The van der Waals surface area contributed by atoms with Crippen molar-refractivity contribution < 1.29 is 28.6 Å². The lowest BCUT2D eigenvalue weighted by Crippen LogP contribution is -2.30. The number of unbranched alkanes of at least 4 members (excludes halogenated alkanes) is 20. The number of esters is 3. The average molecular weight is 970 g/mol. The van der Waals surface area contributed by atoms with Crippen molar-refractivity contribution in [3.05, 3.63) is 122 Å². The average Bonchev–Trinajstić information content (AvgIpc) is 3.36. The van der Waals surface area contributed by atoms with E-state index >= 15 is 0 Å². The monoisotopic (exact) mass is 969 g/mol. The van der Waals surface area contributed by atoms with E-state index in [-0.39, 0.29) is 37.5 Å². The van der Waals surface area contributed by atoms with Crippen LogP contribution in [0.25, 0.3) is 0 Å². The molecule has 396 valence electrons. The summed E-state index contributed by atoms with van der Waals surface area (Å²) in [5.41, 5.74) is 0. The Hall–Kier alpha value is -4.19. The van der Waals surface area contributed by atoms with Gasteiger partial charge in [-0.05, 0) is 116 Å². The molecule has 0 aliphatic carbocycles. The zero-order valence-corrected chi connectivity index (χ0v) is 45.2. The fourth-order valence-electron chi connectivity index (χ4n) is 7.48. The van der Waals surface area contributed by atoms with Crippen LogP contribution >= 0.6 is 0 Å². The predicted molar refractivity (Wildman–Crippen MR) is 302 cm³/mol. The van der Waals surface area contributed by atoms with Crippen LogP contribution in [0.3, 0.4) is 0 Å². The summed E-state index contributed by atoms with van der Waals surface area (Å²) in [6.45, 7) is 6.32. The van der Waals surface area contributed by atoms with E-state index in [1.165, 1.54) is 89.9 Å². The first-order valence-corrected chi connectivity index (χ1v) is 28.6. The zero-order valence-electron chi connectivity index (χ0n) is 45.2. The molecule has 1 atom stereocenters. The second-order valence-electron chi connectivity index (χ2n) is 18.5. The quantitative estimate of drug-likeness (QED) is 0.0199. The maximum atomic E-state index is 12.8. The van der Waals surface area contributed by atoms with E-state index in [1.807, 2.05) is 0 Å². The number of allylic oxidation sites excluding steroid dienone is 20. The van der Waals surface area contributed by atoms with E-state index in [2.05, 4.69) is 142 Å². The lowest BCUT2D eigenvalue weighted by atomic mass is 10.1. The Bertz CT molecular complexity index is 1490. The molecular weight excluding hydrogens is 865 g/mol. The van der Waals surface area contributed by atoms with Gasteiger partial charge in [-0.15, -0.1) is 0 Å². The molecule has 0 radical (unpaired) electrons. The van der Waals surface area contributed by atoms with E-state index in [0.717, 1.165) is 109 Å². The van der Waals surface area contributed by atoms with Crippen molar-refractivity contribution in [2.45, 2.75) is 252 Å². The number of carbonyl (C=O) groups is 3. The van der Waals surface area contributed by atoms with Crippen molar-refractivity contribution in [1.29, 1.82) is 0 Å². The van der Waals surface area contributed by atoms with Crippen LogP contribution in [0, 0.1) is 0 Å². The minimum atomic E-state index is -0.819. The van der Waals surface area contributed by atoms with E-state index in [9.17, 15) is 14.4 Å². The van der Waals surface area contributed by atoms with Gasteiger partial charge in [-0.3, -0.25) is 14.4 Å². The van der Waals surface area contributed by atoms with Gasteiger partial charge in [0.1, 0.15) is 13.2 Å². The van der Waals surface area contributed by atoms with Crippen molar-refractivity contribution in [1.82, 2.24) is 0 Å². The van der Waals surface area contributed by atoms with Crippen LogP contribution in [0.1, 0.15) is 245 Å². The number of carbonyl (C=O) groups excluding carboxylic acids is 3. The molecule has 0 N–H and O–H groups in total. The maximum absolute atomic E-state index is 12.8. The van der Waals surface area contributed by atoms with Gasteiger partial charge in [0.2, 0.25) is 0 Å². The molecule has 0 aromatic heterocycles. The van der Waals surface area contributed by atoms with Crippen molar-refractivity contribution in [3.8, 4) is 0 Å². The summed E-state index contributed by atoms with van der Waals surface area (Å²) in [7, 11) is 0. The number of ether oxygens (including phenoxy) is 3. The zero-order chi connectivity index (χ0) is 50.7. The van der Waals surface area contributed by atoms with Gasteiger partial charge in [0.25, 0.3) is 0 Å². The number of rotatable bonds is 50. The highest BCUT2D eigenvalue weighted by atomic mass is 16.6. The normalized spacial score (nSPS) is 13.0. The van der Waals surface area contributed by atoms with Crippen LogP contribution in [0.15, 0.2) is 122 Å². The molecule has 0 fully saturated rings. The van der Waals surface area contributed by atoms with Crippen molar-refractivity contribution in [2.24, 2.45) is 0 Å². The molecular formula is C64H104O6. The van der Waals surface area contributed by atoms with E-state index in [4.69, 9.17) is 14.2 Å². The van der Waals surface area contributed by atoms with Crippen LogP contribution in [0.2, 0.25) is 0 Å². The van der Waals surface area contributed by atoms with Gasteiger partial charge in [-0.2, -0.15) is 0 Å². The van der Waals surface area contributed by atoms with Gasteiger partial charge in [0.15, 0.2) is 6.10 Å². The topological polar surface area (TPSA) is 78.9 Å². The smallest absolute Gasteiger partial charge is 0.306 e. The summed E-state index contributed by atoms with van der Waals surface area (Å²) < 4.78 is 16.8. The predicted octanol–water partition coefficient (Wildman–Crippen LogP) is 19.3. The first kappa shape index (κ1) is 65.8. The van der Waals surface area contributed by atoms with Crippen molar-refractivity contribution >= 4 is 17.9 Å². The molecule has 0 spiro atoms. The lowest BCUT2D eigenvalue weighted by molar-refractivity contribution is -0.167. The highest BCUT2D eigenvalue weighted by Crippen LogP contribution is 2.14. The summed E-state index contributed by atoms with van der Waals surface area (Å²) in [6.07, 6.45) is 79.0. The fourth-order valence-corrected chi connectivity index (χ4v) is 7.48. The van der Waals surface area contributed by atoms with Crippen LogP contribution < -0.4 is 0 Å². The van der Waals surface area contributed by atoms with Crippen LogP contribution in [-0.2, 0) is 28.6 Å². The third kappa shape index (κ3) is 54.7. The molecule has 0 aliphatic heterocycles. The van der Waals surface area contributed by atoms with Gasteiger partial charge in [-0.1, -0.05) is 232 Å². The third-order valence-corrected chi connectivity index (χ3v) is 11.7.